The van der Waals surface area contributed by atoms with Crippen molar-refractivity contribution in [1.82, 2.24) is 0 Å². The second-order valence-corrected chi connectivity index (χ2v) is 11.1. The van der Waals surface area contributed by atoms with E-state index in [0.29, 0.717) is 0 Å². The Hall–Kier alpha value is -2.34. The van der Waals surface area contributed by atoms with E-state index in [1.165, 1.54) is 6.92 Å². The topological polar surface area (TPSA) is 69.4 Å². The van der Waals surface area contributed by atoms with Crippen LogP contribution in [0.2, 0.25) is 19.6 Å². The summed E-state index contributed by atoms with van der Waals surface area (Å²) in [4.78, 5) is 22.0. The number of hydrogen-bond donors (Lipinski definition) is 0. The fourth-order valence-electron chi connectivity index (χ4n) is 1.74. The number of carbonyl (C=O) groups is 1. The lowest BCUT2D eigenvalue weighted by atomic mass is 10.0. The molecule has 0 amide bonds. The molecule has 9 heteroatoms. The summed E-state index contributed by atoms with van der Waals surface area (Å²) in [5.41, 5.74) is -0.812. The van der Waals surface area contributed by atoms with Gasteiger partial charge in [0.2, 0.25) is 0 Å². The Labute approximate surface area is 144 Å². The standard InChI is InChI=1S/C16H18F3NO4Si/c1-5-15(16(17,18)19,10-11-25(2,3)4)24-14(21)12-6-8-13(9-7-12)20(22)23/h6-9H,5H2,1-4H3. The van der Waals surface area contributed by atoms with E-state index in [-0.39, 0.29) is 11.3 Å². The third-order valence-corrected chi connectivity index (χ3v) is 4.05. The number of carbonyl (C=O) groups excluding carboxylic acids is 1. The average molecular weight is 373 g/mol. The van der Waals surface area contributed by atoms with Crippen molar-refractivity contribution in [3.63, 3.8) is 0 Å². The highest BCUT2D eigenvalue weighted by Gasteiger charge is 2.56. The highest BCUT2D eigenvalue weighted by molar-refractivity contribution is 6.83. The molecule has 1 unspecified atom stereocenters. The second-order valence-electron chi connectivity index (χ2n) is 6.37. The lowest BCUT2D eigenvalue weighted by molar-refractivity contribution is -0.384. The molecule has 25 heavy (non-hydrogen) atoms. The van der Waals surface area contributed by atoms with Gasteiger partial charge in [0.1, 0.15) is 8.07 Å². The van der Waals surface area contributed by atoms with Crippen LogP contribution in [0.15, 0.2) is 24.3 Å². The van der Waals surface area contributed by atoms with Crippen LogP contribution >= 0.6 is 0 Å². The third kappa shape index (κ3) is 5.32. The second kappa shape index (κ2) is 7.27. The van der Waals surface area contributed by atoms with Gasteiger partial charge in [-0.3, -0.25) is 10.1 Å². The van der Waals surface area contributed by atoms with E-state index in [9.17, 15) is 28.1 Å². The van der Waals surface area contributed by atoms with Gasteiger partial charge in [0.25, 0.3) is 11.3 Å². The third-order valence-electron chi connectivity index (χ3n) is 3.18. The van der Waals surface area contributed by atoms with Crippen LogP contribution in [0.25, 0.3) is 0 Å². The van der Waals surface area contributed by atoms with Crippen molar-refractivity contribution in [2.24, 2.45) is 0 Å². The molecular weight excluding hydrogens is 355 g/mol. The average Bonchev–Trinajstić information content (AvgIpc) is 2.49. The number of benzene rings is 1. The number of esters is 1. The van der Waals surface area contributed by atoms with Gasteiger partial charge in [0.05, 0.1) is 10.5 Å². The van der Waals surface area contributed by atoms with E-state index in [2.05, 4.69) is 11.5 Å². The van der Waals surface area contributed by atoms with Gasteiger partial charge in [-0.2, -0.15) is 13.2 Å². The molecule has 136 valence electrons. The first-order valence-electron chi connectivity index (χ1n) is 7.40. The molecule has 0 saturated heterocycles. The number of alkyl halides is 3. The number of halogens is 3. The number of nitro groups is 1. The first kappa shape index (κ1) is 20.7. The Kier molecular flexibility index (Phi) is 6.02. The van der Waals surface area contributed by atoms with Crippen LogP contribution in [0.1, 0.15) is 23.7 Å². The molecule has 0 aliphatic rings. The van der Waals surface area contributed by atoms with Crippen molar-refractivity contribution in [2.45, 2.75) is 44.8 Å². The summed E-state index contributed by atoms with van der Waals surface area (Å²) in [6.45, 7) is 6.55. The number of non-ortho nitro benzene ring substituents is 1. The molecule has 0 aliphatic heterocycles. The first-order valence-corrected chi connectivity index (χ1v) is 10.9. The molecule has 0 N–H and O–H groups in total. The predicted octanol–water partition coefficient (Wildman–Crippen LogP) is 4.34. The molecule has 0 aromatic heterocycles. The number of nitrogens with zero attached hydrogens (tertiary/aromatic N) is 1. The fraction of sp³-hybridized carbons (Fsp3) is 0.438. The lowest BCUT2D eigenvalue weighted by Crippen LogP contribution is -2.48. The Morgan fingerprint density at radius 2 is 1.76 bits per heavy atom. The zero-order valence-corrected chi connectivity index (χ0v) is 15.2. The van der Waals surface area contributed by atoms with E-state index >= 15 is 0 Å². The molecule has 5 nitrogen and oxygen atoms in total. The number of ether oxygens (including phenoxy) is 1. The quantitative estimate of drug-likeness (QED) is 0.259. The number of nitro benzene ring substituents is 1. The first-order chi connectivity index (χ1) is 11.3. The van der Waals surface area contributed by atoms with Gasteiger partial charge in [-0.05, 0) is 12.1 Å². The van der Waals surface area contributed by atoms with Crippen molar-refractivity contribution >= 4 is 19.7 Å². The van der Waals surface area contributed by atoms with E-state index in [0.717, 1.165) is 24.3 Å². The molecule has 1 rings (SSSR count). The van der Waals surface area contributed by atoms with Gasteiger partial charge >= 0.3 is 12.1 Å². The molecule has 0 heterocycles. The fourth-order valence-corrected chi connectivity index (χ4v) is 2.32. The summed E-state index contributed by atoms with van der Waals surface area (Å²) in [7, 11) is -2.14. The van der Waals surface area contributed by atoms with Crippen LogP contribution in [0.4, 0.5) is 18.9 Å². The van der Waals surface area contributed by atoms with Gasteiger partial charge in [0, 0.05) is 18.6 Å². The summed E-state index contributed by atoms with van der Waals surface area (Å²) >= 11 is 0. The highest BCUT2D eigenvalue weighted by Crippen LogP contribution is 2.37. The van der Waals surface area contributed by atoms with Crippen LogP contribution in [-0.2, 0) is 4.74 Å². The molecule has 1 aromatic carbocycles. The van der Waals surface area contributed by atoms with E-state index < -0.39 is 37.2 Å². The minimum Gasteiger partial charge on any atom is -0.432 e. The predicted molar refractivity (Wildman–Crippen MR) is 88.7 cm³/mol. The highest BCUT2D eigenvalue weighted by atomic mass is 28.3. The molecular formula is C16H18F3NO4Si. The molecule has 0 bridgehead atoms. The number of hydrogen-bond acceptors (Lipinski definition) is 4. The van der Waals surface area contributed by atoms with E-state index in [4.69, 9.17) is 4.74 Å². The monoisotopic (exact) mass is 373 g/mol. The molecule has 0 fully saturated rings. The van der Waals surface area contributed by atoms with Crippen molar-refractivity contribution in [1.29, 1.82) is 0 Å². The number of rotatable bonds is 4. The Morgan fingerprint density at radius 1 is 1.24 bits per heavy atom. The summed E-state index contributed by atoms with van der Waals surface area (Å²) in [5.74, 6) is 0.891. The molecule has 1 aromatic rings. The van der Waals surface area contributed by atoms with E-state index in [1.807, 2.05) is 0 Å². The van der Waals surface area contributed by atoms with Gasteiger partial charge in [-0.1, -0.05) is 32.5 Å². The maximum Gasteiger partial charge on any atom is 0.440 e. The van der Waals surface area contributed by atoms with Gasteiger partial charge in [-0.15, -0.1) is 5.54 Å². The van der Waals surface area contributed by atoms with Crippen molar-refractivity contribution in [3.8, 4) is 11.5 Å². The van der Waals surface area contributed by atoms with Crippen LogP contribution < -0.4 is 0 Å². The largest absolute Gasteiger partial charge is 0.440 e. The maximum atomic E-state index is 13.5. The summed E-state index contributed by atoms with van der Waals surface area (Å²) in [6.07, 6.45) is -5.43. The molecule has 0 radical (unpaired) electrons. The Bertz CT molecular complexity index is 714. The normalized spacial score (nSPS) is 14.0. The maximum absolute atomic E-state index is 13.5. The van der Waals surface area contributed by atoms with E-state index in [1.54, 1.807) is 19.6 Å². The zero-order chi connectivity index (χ0) is 19.5. The minimum atomic E-state index is -4.87. The molecule has 0 aliphatic carbocycles. The molecule has 0 spiro atoms. The van der Waals surface area contributed by atoms with Gasteiger partial charge in [-0.25, -0.2) is 4.79 Å². The van der Waals surface area contributed by atoms with Crippen LogP contribution in [-0.4, -0.2) is 30.7 Å². The van der Waals surface area contributed by atoms with Crippen LogP contribution in [0.3, 0.4) is 0 Å². The van der Waals surface area contributed by atoms with Crippen molar-refractivity contribution in [2.75, 3.05) is 0 Å². The lowest BCUT2D eigenvalue weighted by Gasteiger charge is -2.30. The summed E-state index contributed by atoms with van der Waals surface area (Å²) in [6, 6.07) is 4.13. The van der Waals surface area contributed by atoms with Gasteiger partial charge < -0.3 is 4.74 Å². The smallest absolute Gasteiger partial charge is 0.432 e. The van der Waals surface area contributed by atoms with Crippen molar-refractivity contribution < 1.29 is 27.6 Å². The minimum absolute atomic E-state index is 0.220. The molecule has 0 saturated carbocycles. The van der Waals surface area contributed by atoms with Crippen LogP contribution in [0, 0.1) is 21.6 Å². The summed E-state index contributed by atoms with van der Waals surface area (Å²) < 4.78 is 45.4. The van der Waals surface area contributed by atoms with Crippen LogP contribution in [0.5, 0.6) is 0 Å². The Morgan fingerprint density at radius 3 is 2.12 bits per heavy atom. The SMILES string of the molecule is CCC(C#C[Si](C)(C)C)(OC(=O)c1ccc([N+](=O)[O-])cc1)C(F)(F)F. The molecule has 1 atom stereocenters. The zero-order valence-electron chi connectivity index (χ0n) is 14.2. The Balaban J connectivity index is 3.22. The summed E-state index contributed by atoms with van der Waals surface area (Å²) in [5, 5.41) is 10.6. The van der Waals surface area contributed by atoms with Gasteiger partial charge in [0.15, 0.2) is 0 Å². The van der Waals surface area contributed by atoms with Crippen molar-refractivity contribution in [3.05, 3.63) is 39.9 Å².